The molecule has 0 spiro atoms. The summed E-state index contributed by atoms with van der Waals surface area (Å²) in [5.74, 6) is 0.0511. The van der Waals surface area contributed by atoms with Gasteiger partial charge < -0.3 is 10.6 Å². The van der Waals surface area contributed by atoms with E-state index in [-0.39, 0.29) is 28.7 Å². The zero-order valence-electron chi connectivity index (χ0n) is 12.1. The Bertz CT molecular complexity index is 656. The molecule has 2 N–H and O–H groups in total. The number of carbonyl (C=O) groups is 1. The summed E-state index contributed by atoms with van der Waals surface area (Å²) < 4.78 is 23.5. The minimum absolute atomic E-state index is 0.0460. The van der Waals surface area contributed by atoms with Gasteiger partial charge in [0.1, 0.15) is 0 Å². The monoisotopic (exact) mass is 362 g/mol. The van der Waals surface area contributed by atoms with Gasteiger partial charge in [0, 0.05) is 12.1 Å². The highest BCUT2D eigenvalue weighted by Crippen LogP contribution is 2.32. The summed E-state index contributed by atoms with van der Waals surface area (Å²) in [7, 11) is -2.98. The highest BCUT2D eigenvalue weighted by atomic mass is 32.2. The van der Waals surface area contributed by atoms with Crippen molar-refractivity contribution >= 4 is 44.0 Å². The molecule has 1 saturated carbocycles. The van der Waals surface area contributed by atoms with Crippen molar-refractivity contribution in [3.8, 4) is 0 Å². The fourth-order valence-corrected chi connectivity index (χ4v) is 5.81. The highest BCUT2D eigenvalue weighted by Gasteiger charge is 2.30. The molecule has 22 heavy (non-hydrogen) atoms. The van der Waals surface area contributed by atoms with E-state index in [0.29, 0.717) is 12.5 Å². The molecule has 2 fully saturated rings. The van der Waals surface area contributed by atoms with Crippen molar-refractivity contribution in [3.63, 3.8) is 0 Å². The summed E-state index contributed by atoms with van der Waals surface area (Å²) >= 11 is 2.79. The van der Waals surface area contributed by atoms with E-state index in [0.717, 1.165) is 9.47 Å². The predicted octanol–water partition coefficient (Wildman–Crippen LogP) is 0.896. The standard InChI is InChI=1S/C12H18N4O3S3/c1-7(10(17)13-9-4-5-22(18,19)6-9)20-12-16-15-11(21-12)14-8-2-3-8/h7-9H,2-6H2,1H3,(H,13,17)(H,14,15). The van der Waals surface area contributed by atoms with Crippen LogP contribution in [0.3, 0.4) is 0 Å². The number of amides is 1. The molecule has 1 aliphatic heterocycles. The SMILES string of the molecule is CC(Sc1nnc(NC2CC2)s1)C(=O)NC1CCS(=O)(=O)C1. The Morgan fingerprint density at radius 3 is 2.73 bits per heavy atom. The Labute approximate surface area is 137 Å². The van der Waals surface area contributed by atoms with Crippen molar-refractivity contribution in [3.05, 3.63) is 0 Å². The summed E-state index contributed by atoms with van der Waals surface area (Å²) in [4.78, 5) is 12.1. The molecule has 0 radical (unpaired) electrons. The lowest BCUT2D eigenvalue weighted by Crippen LogP contribution is -2.39. The Balaban J connectivity index is 1.49. The fraction of sp³-hybridized carbons (Fsp3) is 0.750. The zero-order chi connectivity index (χ0) is 15.7. The van der Waals surface area contributed by atoms with E-state index in [9.17, 15) is 13.2 Å². The van der Waals surface area contributed by atoms with Gasteiger partial charge in [0.2, 0.25) is 11.0 Å². The van der Waals surface area contributed by atoms with Gasteiger partial charge in [-0.15, -0.1) is 10.2 Å². The Morgan fingerprint density at radius 1 is 1.32 bits per heavy atom. The Morgan fingerprint density at radius 2 is 2.09 bits per heavy atom. The van der Waals surface area contributed by atoms with Crippen molar-refractivity contribution in [2.45, 2.75) is 47.9 Å². The number of nitrogens with zero attached hydrogens (tertiary/aromatic N) is 2. The number of carbonyl (C=O) groups excluding carboxylic acids is 1. The van der Waals surface area contributed by atoms with Gasteiger partial charge in [-0.25, -0.2) is 8.42 Å². The molecule has 0 aromatic carbocycles. The zero-order valence-corrected chi connectivity index (χ0v) is 14.6. The molecule has 0 bridgehead atoms. The molecule has 1 aromatic heterocycles. The summed E-state index contributed by atoms with van der Waals surface area (Å²) in [6.07, 6.45) is 2.84. The normalized spacial score (nSPS) is 24.9. The first-order valence-corrected chi connectivity index (χ1v) is 10.7. The van der Waals surface area contributed by atoms with Gasteiger partial charge in [-0.3, -0.25) is 4.79 Å². The van der Waals surface area contributed by atoms with E-state index >= 15 is 0 Å². The second-order valence-corrected chi connectivity index (χ2v) is 10.5. The van der Waals surface area contributed by atoms with E-state index in [1.807, 2.05) is 0 Å². The van der Waals surface area contributed by atoms with Gasteiger partial charge in [0.05, 0.1) is 16.8 Å². The summed E-state index contributed by atoms with van der Waals surface area (Å²) in [5.41, 5.74) is 0. The Hall–Kier alpha value is -0.870. The van der Waals surface area contributed by atoms with Crippen molar-refractivity contribution in [2.75, 3.05) is 16.8 Å². The van der Waals surface area contributed by atoms with Crippen LogP contribution < -0.4 is 10.6 Å². The first kappa shape index (κ1) is 16.0. The lowest BCUT2D eigenvalue weighted by atomic mass is 10.2. The van der Waals surface area contributed by atoms with Crippen molar-refractivity contribution in [2.24, 2.45) is 0 Å². The third kappa shape index (κ3) is 4.32. The van der Waals surface area contributed by atoms with E-state index in [2.05, 4.69) is 20.8 Å². The van der Waals surface area contributed by atoms with Crippen LogP contribution in [-0.2, 0) is 14.6 Å². The summed E-state index contributed by atoms with van der Waals surface area (Å²) in [5, 5.41) is 14.7. The molecular formula is C12H18N4O3S3. The third-order valence-electron chi connectivity index (χ3n) is 3.54. The average molecular weight is 363 g/mol. The number of anilines is 1. The maximum Gasteiger partial charge on any atom is 0.233 e. The number of sulfone groups is 1. The largest absolute Gasteiger partial charge is 0.357 e. The van der Waals surface area contributed by atoms with Crippen LogP contribution in [0.4, 0.5) is 5.13 Å². The second-order valence-electron chi connectivity index (χ2n) is 5.66. The molecule has 2 aliphatic rings. The maximum absolute atomic E-state index is 12.1. The minimum Gasteiger partial charge on any atom is -0.357 e. The molecule has 7 nitrogen and oxygen atoms in total. The third-order valence-corrected chi connectivity index (χ3v) is 7.34. The van der Waals surface area contributed by atoms with Crippen LogP contribution >= 0.6 is 23.1 Å². The number of thioether (sulfide) groups is 1. The topological polar surface area (TPSA) is 101 Å². The van der Waals surface area contributed by atoms with Gasteiger partial charge >= 0.3 is 0 Å². The number of hydrogen-bond acceptors (Lipinski definition) is 8. The van der Waals surface area contributed by atoms with Crippen LogP contribution in [0, 0.1) is 0 Å². The maximum atomic E-state index is 12.1. The predicted molar refractivity (Wildman–Crippen MR) is 87.1 cm³/mol. The first-order chi connectivity index (χ1) is 10.4. The fourth-order valence-electron chi connectivity index (χ4n) is 2.15. The molecule has 10 heteroatoms. The van der Waals surface area contributed by atoms with Crippen LogP contribution in [0.2, 0.25) is 0 Å². The second kappa shape index (κ2) is 6.32. The van der Waals surface area contributed by atoms with E-state index in [1.54, 1.807) is 6.92 Å². The lowest BCUT2D eigenvalue weighted by Gasteiger charge is -2.14. The molecule has 122 valence electrons. The van der Waals surface area contributed by atoms with Crippen molar-refractivity contribution < 1.29 is 13.2 Å². The number of nitrogens with one attached hydrogen (secondary N) is 2. The van der Waals surface area contributed by atoms with Crippen LogP contribution in [-0.4, -0.2) is 53.4 Å². The molecule has 2 atom stereocenters. The lowest BCUT2D eigenvalue weighted by molar-refractivity contribution is -0.120. The van der Waals surface area contributed by atoms with Crippen LogP contribution in [0.5, 0.6) is 0 Å². The highest BCUT2D eigenvalue weighted by molar-refractivity contribution is 8.02. The van der Waals surface area contributed by atoms with E-state index in [4.69, 9.17) is 0 Å². The van der Waals surface area contributed by atoms with Crippen LogP contribution in [0.25, 0.3) is 0 Å². The molecule has 1 aliphatic carbocycles. The molecule has 2 heterocycles. The number of hydrogen-bond donors (Lipinski definition) is 2. The van der Waals surface area contributed by atoms with Gasteiger partial charge in [0.25, 0.3) is 0 Å². The number of rotatable bonds is 6. The average Bonchev–Trinajstić information content (AvgIpc) is 3.04. The van der Waals surface area contributed by atoms with Crippen LogP contribution in [0.1, 0.15) is 26.2 Å². The van der Waals surface area contributed by atoms with Crippen molar-refractivity contribution in [1.29, 1.82) is 0 Å². The van der Waals surface area contributed by atoms with Crippen LogP contribution in [0.15, 0.2) is 4.34 Å². The minimum atomic E-state index is -2.98. The van der Waals surface area contributed by atoms with E-state index in [1.165, 1.54) is 35.9 Å². The van der Waals surface area contributed by atoms with Gasteiger partial charge in [-0.2, -0.15) is 0 Å². The molecule has 1 saturated heterocycles. The molecule has 1 amide bonds. The van der Waals surface area contributed by atoms with Gasteiger partial charge in [-0.05, 0) is 26.2 Å². The quantitative estimate of drug-likeness (QED) is 0.725. The van der Waals surface area contributed by atoms with Gasteiger partial charge in [0.15, 0.2) is 14.2 Å². The van der Waals surface area contributed by atoms with Gasteiger partial charge in [-0.1, -0.05) is 23.1 Å². The molecule has 2 unspecified atom stereocenters. The first-order valence-electron chi connectivity index (χ1n) is 7.19. The molecular weight excluding hydrogens is 344 g/mol. The Kier molecular flexibility index (Phi) is 4.60. The summed E-state index contributed by atoms with van der Waals surface area (Å²) in [6.45, 7) is 1.79. The van der Waals surface area contributed by atoms with Crippen molar-refractivity contribution in [1.82, 2.24) is 15.5 Å². The molecule has 3 rings (SSSR count). The molecule has 1 aromatic rings. The summed E-state index contributed by atoms with van der Waals surface area (Å²) in [6, 6.07) is 0.262. The smallest absolute Gasteiger partial charge is 0.233 e. The van der Waals surface area contributed by atoms with E-state index < -0.39 is 9.84 Å². The number of aromatic nitrogens is 2.